The highest BCUT2D eigenvalue weighted by Crippen LogP contribution is 2.45. The molecule has 29 heavy (non-hydrogen) atoms. The minimum atomic E-state index is -0.871. The molecular formula is C23H23NO5. The number of rotatable bonds is 3. The van der Waals surface area contributed by atoms with Gasteiger partial charge in [-0.25, -0.2) is 4.79 Å². The lowest BCUT2D eigenvalue weighted by Gasteiger charge is -2.25. The molecule has 2 fully saturated rings. The van der Waals surface area contributed by atoms with Crippen LogP contribution in [0, 0.1) is 11.3 Å². The van der Waals surface area contributed by atoms with E-state index in [2.05, 4.69) is 24.3 Å². The number of ether oxygens (including phenoxy) is 2. The quantitative estimate of drug-likeness (QED) is 0.865. The molecule has 2 aromatic carbocycles. The van der Waals surface area contributed by atoms with Gasteiger partial charge in [-0.1, -0.05) is 48.5 Å². The van der Waals surface area contributed by atoms with Crippen LogP contribution in [0.1, 0.15) is 23.5 Å². The first-order chi connectivity index (χ1) is 14.1. The van der Waals surface area contributed by atoms with Crippen molar-refractivity contribution in [2.75, 3.05) is 32.9 Å². The summed E-state index contributed by atoms with van der Waals surface area (Å²) in [5.74, 6) is -1.48. The van der Waals surface area contributed by atoms with Gasteiger partial charge in [0.05, 0.1) is 12.5 Å². The summed E-state index contributed by atoms with van der Waals surface area (Å²) in [4.78, 5) is 26.1. The number of carboxylic acid groups (broad SMARTS) is 1. The number of fused-ring (bicyclic) bond motifs is 3. The Hall–Kier alpha value is -2.86. The van der Waals surface area contributed by atoms with Crippen LogP contribution in [-0.4, -0.2) is 55.0 Å². The van der Waals surface area contributed by atoms with E-state index in [0.29, 0.717) is 26.2 Å². The Morgan fingerprint density at radius 1 is 1.10 bits per heavy atom. The summed E-state index contributed by atoms with van der Waals surface area (Å²) < 4.78 is 11.2. The molecule has 2 saturated heterocycles. The first-order valence-corrected chi connectivity index (χ1v) is 9.99. The molecular weight excluding hydrogens is 370 g/mol. The van der Waals surface area contributed by atoms with Crippen molar-refractivity contribution >= 4 is 12.1 Å². The summed E-state index contributed by atoms with van der Waals surface area (Å²) in [7, 11) is 0. The highest BCUT2D eigenvalue weighted by molar-refractivity contribution is 5.79. The zero-order valence-electron chi connectivity index (χ0n) is 16.0. The van der Waals surface area contributed by atoms with E-state index in [4.69, 9.17) is 9.47 Å². The van der Waals surface area contributed by atoms with E-state index < -0.39 is 23.4 Å². The predicted octanol–water partition coefficient (Wildman–Crippen LogP) is 3.36. The second kappa shape index (κ2) is 6.88. The van der Waals surface area contributed by atoms with Crippen LogP contribution in [0.15, 0.2) is 48.5 Å². The number of carboxylic acids is 1. The van der Waals surface area contributed by atoms with E-state index in [-0.39, 0.29) is 19.1 Å². The summed E-state index contributed by atoms with van der Waals surface area (Å²) in [5.41, 5.74) is 4.19. The van der Waals surface area contributed by atoms with Crippen LogP contribution in [0.5, 0.6) is 0 Å². The summed E-state index contributed by atoms with van der Waals surface area (Å²) >= 11 is 0. The summed E-state index contributed by atoms with van der Waals surface area (Å²) in [5, 5.41) is 9.63. The third-order valence-electron chi connectivity index (χ3n) is 6.67. The first kappa shape index (κ1) is 18.2. The van der Waals surface area contributed by atoms with Gasteiger partial charge < -0.3 is 19.5 Å². The van der Waals surface area contributed by atoms with Gasteiger partial charge >= 0.3 is 12.1 Å². The van der Waals surface area contributed by atoms with Gasteiger partial charge in [0.1, 0.15) is 6.61 Å². The Labute approximate surface area is 169 Å². The molecule has 2 heterocycles. The largest absolute Gasteiger partial charge is 0.481 e. The average Bonchev–Trinajstić information content (AvgIpc) is 3.43. The predicted molar refractivity (Wildman–Crippen MR) is 106 cm³/mol. The van der Waals surface area contributed by atoms with E-state index in [9.17, 15) is 14.7 Å². The maximum absolute atomic E-state index is 12.8. The molecule has 1 amide bonds. The highest BCUT2D eigenvalue weighted by Gasteiger charge is 2.54. The van der Waals surface area contributed by atoms with Crippen molar-refractivity contribution in [2.24, 2.45) is 11.3 Å². The number of benzene rings is 2. The molecule has 3 aliphatic rings. The van der Waals surface area contributed by atoms with Crippen LogP contribution >= 0.6 is 0 Å². The first-order valence-electron chi connectivity index (χ1n) is 9.99. The van der Waals surface area contributed by atoms with Gasteiger partial charge in [-0.15, -0.1) is 0 Å². The lowest BCUT2D eigenvalue weighted by molar-refractivity contribution is -0.144. The number of amides is 1. The third kappa shape index (κ3) is 2.90. The molecule has 0 bridgehead atoms. The second-order valence-electron chi connectivity index (χ2n) is 8.24. The van der Waals surface area contributed by atoms with Crippen LogP contribution in [0.4, 0.5) is 4.79 Å². The van der Waals surface area contributed by atoms with Gasteiger partial charge in [0.2, 0.25) is 0 Å². The van der Waals surface area contributed by atoms with Gasteiger partial charge in [-0.2, -0.15) is 0 Å². The Kier molecular flexibility index (Phi) is 4.32. The van der Waals surface area contributed by atoms with Crippen LogP contribution in [0.2, 0.25) is 0 Å². The van der Waals surface area contributed by atoms with Crippen molar-refractivity contribution in [3.8, 4) is 11.1 Å². The summed E-state index contributed by atoms with van der Waals surface area (Å²) in [6.45, 7) is 1.72. The van der Waals surface area contributed by atoms with E-state index in [1.807, 2.05) is 24.3 Å². The lowest BCUT2D eigenvalue weighted by Crippen LogP contribution is -2.35. The van der Waals surface area contributed by atoms with Crippen molar-refractivity contribution in [2.45, 2.75) is 12.3 Å². The monoisotopic (exact) mass is 393 g/mol. The lowest BCUT2D eigenvalue weighted by atomic mass is 9.77. The smallest absolute Gasteiger partial charge is 0.409 e. The van der Waals surface area contributed by atoms with Crippen molar-refractivity contribution in [3.63, 3.8) is 0 Å². The fourth-order valence-corrected chi connectivity index (χ4v) is 5.16. The normalized spacial score (nSPS) is 25.2. The number of likely N-dealkylation sites (tertiary alicyclic amines) is 1. The summed E-state index contributed by atoms with van der Waals surface area (Å²) in [6, 6.07) is 16.4. The van der Waals surface area contributed by atoms with Crippen molar-refractivity contribution in [1.82, 2.24) is 4.90 Å². The number of carbonyl (C=O) groups excluding carboxylic acids is 1. The zero-order chi connectivity index (χ0) is 20.0. The average molecular weight is 393 g/mol. The molecule has 6 heteroatoms. The number of aliphatic carboxylic acids is 1. The fourth-order valence-electron chi connectivity index (χ4n) is 5.16. The molecule has 6 nitrogen and oxygen atoms in total. The minimum absolute atomic E-state index is 0.00648. The van der Waals surface area contributed by atoms with E-state index in [1.54, 1.807) is 4.90 Å². The number of nitrogens with zero attached hydrogens (tertiary/aromatic N) is 1. The fraction of sp³-hybridized carbons (Fsp3) is 0.391. The molecule has 1 N–H and O–H groups in total. The molecule has 1 spiro atoms. The molecule has 2 atom stereocenters. The number of carbonyl (C=O) groups is 2. The van der Waals surface area contributed by atoms with Gasteiger partial charge in [-0.05, 0) is 28.7 Å². The molecule has 2 unspecified atom stereocenters. The van der Waals surface area contributed by atoms with Crippen molar-refractivity contribution < 1.29 is 24.2 Å². The zero-order valence-corrected chi connectivity index (χ0v) is 16.0. The molecule has 150 valence electrons. The Balaban J connectivity index is 1.32. The summed E-state index contributed by atoms with van der Waals surface area (Å²) in [6.07, 6.45) is 0.221. The number of hydrogen-bond donors (Lipinski definition) is 1. The molecule has 1 aliphatic carbocycles. The second-order valence-corrected chi connectivity index (χ2v) is 8.24. The molecule has 2 aromatic rings. The standard InChI is InChI=1S/C23H23NO5/c25-21(26)20-11-24(13-23(20)9-10-28-14-23)22(27)29-12-19-17-7-3-1-5-15(17)16-6-2-4-8-18(16)19/h1-8,19-20H,9-14H2,(H,25,26). The van der Waals surface area contributed by atoms with Gasteiger partial charge in [0, 0.05) is 31.0 Å². The molecule has 0 saturated carbocycles. The number of hydrogen-bond acceptors (Lipinski definition) is 4. The third-order valence-corrected chi connectivity index (χ3v) is 6.67. The molecule has 5 rings (SSSR count). The van der Waals surface area contributed by atoms with Crippen molar-refractivity contribution in [1.29, 1.82) is 0 Å². The Morgan fingerprint density at radius 2 is 1.76 bits per heavy atom. The molecule has 0 aromatic heterocycles. The van der Waals surface area contributed by atoms with Crippen LogP contribution in [0.25, 0.3) is 11.1 Å². The van der Waals surface area contributed by atoms with E-state index in [1.165, 1.54) is 11.1 Å². The van der Waals surface area contributed by atoms with Gasteiger partial charge in [0.15, 0.2) is 0 Å². The topological polar surface area (TPSA) is 76.1 Å². The molecule has 0 radical (unpaired) electrons. The SMILES string of the molecule is O=C(O)C1CN(C(=O)OCC2c3ccccc3-c3ccccc32)CC12CCOC2. The van der Waals surface area contributed by atoms with Crippen LogP contribution in [-0.2, 0) is 14.3 Å². The highest BCUT2D eigenvalue weighted by atomic mass is 16.6. The maximum atomic E-state index is 12.8. The van der Waals surface area contributed by atoms with Crippen molar-refractivity contribution in [3.05, 3.63) is 59.7 Å². The van der Waals surface area contributed by atoms with E-state index in [0.717, 1.165) is 11.1 Å². The van der Waals surface area contributed by atoms with Crippen LogP contribution < -0.4 is 0 Å². The Morgan fingerprint density at radius 3 is 2.34 bits per heavy atom. The minimum Gasteiger partial charge on any atom is -0.481 e. The van der Waals surface area contributed by atoms with E-state index >= 15 is 0 Å². The molecule has 2 aliphatic heterocycles. The Bertz CT molecular complexity index is 920. The maximum Gasteiger partial charge on any atom is 0.409 e. The van der Waals surface area contributed by atoms with Crippen LogP contribution in [0.3, 0.4) is 0 Å². The van der Waals surface area contributed by atoms with Gasteiger partial charge in [-0.3, -0.25) is 4.79 Å². The van der Waals surface area contributed by atoms with Gasteiger partial charge in [0.25, 0.3) is 0 Å².